The lowest BCUT2D eigenvalue weighted by molar-refractivity contribution is -0.158. The Balaban J connectivity index is 2.30. The average molecular weight is 412 g/mol. The third-order valence-corrected chi connectivity index (χ3v) is 4.63. The summed E-state index contributed by atoms with van der Waals surface area (Å²) in [5.74, 6) is -2.26. The minimum atomic E-state index is -1.52. The zero-order valence-electron chi connectivity index (χ0n) is 14.7. The van der Waals surface area contributed by atoms with E-state index in [1.807, 2.05) is 0 Å². The standard InChI is InChI=1S/C18H22BrNO5/c1-17(2,3)25-16(23)20-14(21)10-9-13(15(20)22)18(4,24)11-5-7-12(19)8-6-11/h5-8,13,24H,9-10H2,1-4H3. The van der Waals surface area contributed by atoms with Crippen LogP contribution in [-0.2, 0) is 19.9 Å². The summed E-state index contributed by atoms with van der Waals surface area (Å²) < 4.78 is 6.00. The number of aliphatic hydroxyl groups is 1. The highest BCUT2D eigenvalue weighted by Crippen LogP contribution is 2.37. The van der Waals surface area contributed by atoms with E-state index >= 15 is 0 Å². The van der Waals surface area contributed by atoms with Crippen LogP contribution >= 0.6 is 15.9 Å². The molecule has 1 aromatic carbocycles. The van der Waals surface area contributed by atoms with Crippen molar-refractivity contribution in [3.63, 3.8) is 0 Å². The van der Waals surface area contributed by atoms with Gasteiger partial charge in [-0.2, -0.15) is 4.90 Å². The minimum Gasteiger partial charge on any atom is -0.443 e. The number of imide groups is 3. The maximum absolute atomic E-state index is 12.8. The maximum atomic E-state index is 12.8. The molecule has 0 aromatic heterocycles. The molecule has 1 aliphatic heterocycles. The van der Waals surface area contributed by atoms with Gasteiger partial charge in [-0.15, -0.1) is 0 Å². The van der Waals surface area contributed by atoms with Crippen LogP contribution in [0.25, 0.3) is 0 Å². The maximum Gasteiger partial charge on any atom is 0.424 e. The molecule has 2 rings (SSSR count). The van der Waals surface area contributed by atoms with Crippen molar-refractivity contribution < 1.29 is 24.2 Å². The van der Waals surface area contributed by atoms with Crippen molar-refractivity contribution >= 4 is 33.8 Å². The van der Waals surface area contributed by atoms with Gasteiger partial charge < -0.3 is 9.84 Å². The van der Waals surface area contributed by atoms with E-state index in [9.17, 15) is 19.5 Å². The van der Waals surface area contributed by atoms with Crippen molar-refractivity contribution in [3.05, 3.63) is 34.3 Å². The number of carbonyl (C=O) groups excluding carboxylic acids is 3. The first-order valence-electron chi connectivity index (χ1n) is 8.01. The van der Waals surface area contributed by atoms with Gasteiger partial charge in [-0.3, -0.25) is 9.59 Å². The summed E-state index contributed by atoms with van der Waals surface area (Å²) in [7, 11) is 0. The number of nitrogens with zero attached hydrogens (tertiary/aromatic N) is 1. The van der Waals surface area contributed by atoms with Gasteiger partial charge in [0.15, 0.2) is 0 Å². The molecule has 1 aliphatic rings. The van der Waals surface area contributed by atoms with Gasteiger partial charge in [-0.05, 0) is 51.8 Å². The lowest BCUT2D eigenvalue weighted by atomic mass is 9.77. The Morgan fingerprint density at radius 3 is 2.28 bits per heavy atom. The number of carbonyl (C=O) groups is 3. The van der Waals surface area contributed by atoms with E-state index in [1.54, 1.807) is 45.0 Å². The first kappa shape index (κ1) is 19.6. The predicted molar refractivity (Wildman–Crippen MR) is 94.5 cm³/mol. The lowest BCUT2D eigenvalue weighted by Gasteiger charge is -2.38. The number of rotatable bonds is 2. The molecule has 1 N–H and O–H groups in total. The third-order valence-electron chi connectivity index (χ3n) is 4.10. The molecule has 2 atom stereocenters. The highest BCUT2D eigenvalue weighted by molar-refractivity contribution is 9.10. The summed E-state index contributed by atoms with van der Waals surface area (Å²) in [6.07, 6.45) is -0.846. The molecule has 1 saturated heterocycles. The first-order chi connectivity index (χ1) is 11.4. The summed E-state index contributed by atoms with van der Waals surface area (Å²) in [6.45, 7) is 6.47. The van der Waals surface area contributed by atoms with Crippen LogP contribution in [0.5, 0.6) is 0 Å². The van der Waals surface area contributed by atoms with Crippen LogP contribution in [0.4, 0.5) is 4.79 Å². The van der Waals surface area contributed by atoms with Crippen molar-refractivity contribution in [1.82, 2.24) is 4.90 Å². The van der Waals surface area contributed by atoms with Crippen LogP contribution in [0, 0.1) is 5.92 Å². The van der Waals surface area contributed by atoms with Crippen LogP contribution < -0.4 is 0 Å². The average Bonchev–Trinajstić information content (AvgIpc) is 2.45. The number of hydrogen-bond donors (Lipinski definition) is 1. The van der Waals surface area contributed by atoms with E-state index in [0.717, 1.165) is 4.47 Å². The fourth-order valence-electron chi connectivity index (χ4n) is 2.79. The number of benzene rings is 1. The molecule has 136 valence electrons. The van der Waals surface area contributed by atoms with Gasteiger partial charge in [0.25, 0.3) is 0 Å². The van der Waals surface area contributed by atoms with Crippen molar-refractivity contribution in [1.29, 1.82) is 0 Å². The van der Waals surface area contributed by atoms with Crippen molar-refractivity contribution in [2.45, 2.75) is 51.7 Å². The number of piperidine rings is 1. The summed E-state index contributed by atoms with van der Waals surface area (Å²) in [4.78, 5) is 37.7. The second-order valence-electron chi connectivity index (χ2n) is 7.29. The zero-order valence-corrected chi connectivity index (χ0v) is 16.3. The van der Waals surface area contributed by atoms with Gasteiger partial charge in [-0.25, -0.2) is 4.79 Å². The molecule has 1 aromatic rings. The van der Waals surface area contributed by atoms with Crippen LogP contribution in [-0.4, -0.2) is 33.5 Å². The molecule has 0 spiro atoms. The summed E-state index contributed by atoms with van der Waals surface area (Å²) >= 11 is 3.32. The van der Waals surface area contributed by atoms with E-state index in [1.165, 1.54) is 6.92 Å². The Morgan fingerprint density at radius 2 is 1.76 bits per heavy atom. The molecule has 3 amide bonds. The second kappa shape index (κ2) is 6.88. The molecule has 7 heteroatoms. The first-order valence-corrected chi connectivity index (χ1v) is 8.81. The monoisotopic (exact) mass is 411 g/mol. The molecule has 6 nitrogen and oxygen atoms in total. The van der Waals surface area contributed by atoms with Gasteiger partial charge in [-0.1, -0.05) is 28.1 Å². The van der Waals surface area contributed by atoms with Crippen molar-refractivity contribution in [3.8, 4) is 0 Å². The van der Waals surface area contributed by atoms with Gasteiger partial charge in [0, 0.05) is 10.9 Å². The molecule has 1 heterocycles. The Morgan fingerprint density at radius 1 is 1.20 bits per heavy atom. The largest absolute Gasteiger partial charge is 0.443 e. The predicted octanol–water partition coefficient (Wildman–Crippen LogP) is 3.36. The van der Waals surface area contributed by atoms with E-state index in [4.69, 9.17) is 4.74 Å². The molecule has 2 unspecified atom stereocenters. The minimum absolute atomic E-state index is 0.0116. The molecule has 0 radical (unpaired) electrons. The van der Waals surface area contributed by atoms with Gasteiger partial charge in [0.1, 0.15) is 5.60 Å². The van der Waals surface area contributed by atoms with E-state index < -0.39 is 35.0 Å². The number of likely N-dealkylation sites (tertiary alicyclic amines) is 1. The fourth-order valence-corrected chi connectivity index (χ4v) is 3.06. The molecule has 0 saturated carbocycles. The molecule has 25 heavy (non-hydrogen) atoms. The summed E-state index contributed by atoms with van der Waals surface area (Å²) in [5, 5.41) is 11.0. The van der Waals surface area contributed by atoms with Gasteiger partial charge >= 0.3 is 6.09 Å². The lowest BCUT2D eigenvalue weighted by Crippen LogP contribution is -2.54. The molecule has 0 bridgehead atoms. The molecular formula is C18H22BrNO5. The number of ether oxygens (including phenoxy) is 1. The van der Waals surface area contributed by atoms with Crippen molar-refractivity contribution in [2.75, 3.05) is 0 Å². The zero-order chi connectivity index (χ0) is 19.0. The Bertz CT molecular complexity index is 690. The number of amides is 3. The number of hydrogen-bond acceptors (Lipinski definition) is 5. The third kappa shape index (κ3) is 4.27. The smallest absolute Gasteiger partial charge is 0.424 e. The molecular weight excluding hydrogens is 390 g/mol. The van der Waals surface area contributed by atoms with Gasteiger partial charge in [0.05, 0.1) is 11.5 Å². The number of halogens is 1. The van der Waals surface area contributed by atoms with Crippen LogP contribution in [0.1, 0.15) is 46.1 Å². The Hall–Kier alpha value is -1.73. The van der Waals surface area contributed by atoms with Crippen LogP contribution in [0.2, 0.25) is 0 Å². The Labute approximate surface area is 155 Å². The highest BCUT2D eigenvalue weighted by atomic mass is 79.9. The van der Waals surface area contributed by atoms with Crippen LogP contribution in [0.15, 0.2) is 28.7 Å². The van der Waals surface area contributed by atoms with E-state index in [-0.39, 0.29) is 12.8 Å². The molecule has 1 fully saturated rings. The highest BCUT2D eigenvalue weighted by Gasteiger charge is 2.48. The van der Waals surface area contributed by atoms with Gasteiger partial charge in [0.2, 0.25) is 11.8 Å². The quantitative estimate of drug-likeness (QED) is 0.754. The topological polar surface area (TPSA) is 83.9 Å². The van der Waals surface area contributed by atoms with Crippen molar-refractivity contribution in [2.24, 2.45) is 5.92 Å². The van der Waals surface area contributed by atoms with E-state index in [0.29, 0.717) is 10.5 Å². The summed E-state index contributed by atoms with van der Waals surface area (Å²) in [5.41, 5.74) is -1.81. The normalized spacial score (nSPS) is 21.0. The fraction of sp³-hybridized carbons (Fsp3) is 0.500. The second-order valence-corrected chi connectivity index (χ2v) is 8.21. The summed E-state index contributed by atoms with van der Waals surface area (Å²) in [6, 6.07) is 6.92. The SMILES string of the molecule is CC(C)(C)OC(=O)N1C(=O)CCC(C(C)(O)c2ccc(Br)cc2)C1=O. The molecule has 0 aliphatic carbocycles. The van der Waals surface area contributed by atoms with E-state index in [2.05, 4.69) is 15.9 Å². The Kier molecular flexibility index (Phi) is 5.39. The van der Waals surface area contributed by atoms with Crippen LogP contribution in [0.3, 0.4) is 0 Å².